The van der Waals surface area contributed by atoms with Crippen LogP contribution >= 0.6 is 0 Å². The molecule has 4 aromatic carbocycles. The Labute approximate surface area is 221 Å². The standard InChI is InChI=1S/C14H4F8.2C7H7O.Sn/c15-7-3-5(9(17)13(21)11(7)19)1-2-6-4-8(16)12(20)14(22)10(6)18;2*1-8-7-5-3-2-4-6-7;/h1-2H2;2*3-6H,1H3;. The number of hydrogen-bond donors (Lipinski definition) is 0. The molecule has 0 unspecified atom stereocenters. The van der Waals surface area contributed by atoms with E-state index in [9.17, 15) is 17.6 Å². The first-order valence-electron chi connectivity index (χ1n) is 11.6. The number of benzene rings is 4. The first-order valence-corrected chi connectivity index (χ1v) is 17.3. The van der Waals surface area contributed by atoms with Crippen molar-refractivity contribution in [2.24, 2.45) is 0 Å². The van der Waals surface area contributed by atoms with Gasteiger partial charge >= 0.3 is 222 Å². The maximum atomic E-state index is 16.0. The van der Waals surface area contributed by atoms with Crippen LogP contribution in [-0.2, 0) is 12.8 Å². The summed E-state index contributed by atoms with van der Waals surface area (Å²) in [7, 11) is 2.71. The van der Waals surface area contributed by atoms with Gasteiger partial charge in [0.25, 0.3) is 0 Å². The van der Waals surface area contributed by atoms with E-state index in [0.717, 1.165) is 0 Å². The Balaban J connectivity index is 2.11. The van der Waals surface area contributed by atoms with E-state index >= 15 is 17.6 Å². The van der Waals surface area contributed by atoms with Gasteiger partial charge in [-0.25, -0.2) is 0 Å². The molecule has 0 spiro atoms. The zero-order chi connectivity index (χ0) is 28.2. The summed E-state index contributed by atoms with van der Waals surface area (Å²) in [4.78, 5) is 0. The third-order valence-electron chi connectivity index (χ3n) is 7.15. The van der Waals surface area contributed by atoms with Crippen LogP contribution in [-0.4, -0.2) is 32.6 Å². The molecule has 0 aromatic heterocycles. The topological polar surface area (TPSA) is 18.5 Å². The average molecular weight is 657 g/mol. The van der Waals surface area contributed by atoms with Crippen molar-refractivity contribution in [3.05, 3.63) is 106 Å². The summed E-state index contributed by atoms with van der Waals surface area (Å²) in [5.74, 6) is -15.0. The predicted molar refractivity (Wildman–Crippen MR) is 130 cm³/mol. The third-order valence-corrected chi connectivity index (χ3v) is 21.3. The van der Waals surface area contributed by atoms with Crippen molar-refractivity contribution < 1.29 is 44.6 Å². The van der Waals surface area contributed by atoms with E-state index in [0.29, 0.717) is 11.5 Å². The van der Waals surface area contributed by atoms with Crippen molar-refractivity contribution in [2.45, 2.75) is 12.8 Å². The molecule has 0 N–H and O–H groups in total. The first kappa shape index (κ1) is 27.3. The van der Waals surface area contributed by atoms with Gasteiger partial charge in [0.1, 0.15) is 0 Å². The molecule has 1 heterocycles. The fourth-order valence-electron chi connectivity index (χ4n) is 5.41. The number of rotatable bonds is 4. The molecular formula is C28H18F8O2Sn. The van der Waals surface area contributed by atoms with Gasteiger partial charge in [-0.15, -0.1) is 0 Å². The van der Waals surface area contributed by atoms with Crippen molar-refractivity contribution in [3.8, 4) is 11.5 Å². The Kier molecular flexibility index (Phi) is 7.02. The summed E-state index contributed by atoms with van der Waals surface area (Å²) in [6.45, 7) is 0. The summed E-state index contributed by atoms with van der Waals surface area (Å²) in [6.07, 6.45) is -1.26. The van der Waals surface area contributed by atoms with Crippen molar-refractivity contribution in [1.29, 1.82) is 0 Å². The van der Waals surface area contributed by atoms with Crippen LogP contribution in [0.5, 0.6) is 11.5 Å². The molecule has 0 bridgehead atoms. The molecule has 0 atom stereocenters. The van der Waals surface area contributed by atoms with Crippen molar-refractivity contribution in [1.82, 2.24) is 0 Å². The maximum absolute atomic E-state index is 16.0. The monoisotopic (exact) mass is 658 g/mol. The van der Waals surface area contributed by atoms with Crippen LogP contribution in [0.3, 0.4) is 0 Å². The molecule has 0 amide bonds. The normalized spacial score (nSPS) is 13.9. The summed E-state index contributed by atoms with van der Waals surface area (Å²) >= 11 is -5.98. The van der Waals surface area contributed by atoms with Crippen molar-refractivity contribution in [3.63, 3.8) is 0 Å². The second-order valence-electron chi connectivity index (χ2n) is 8.93. The van der Waals surface area contributed by atoms with Crippen LogP contribution in [0.4, 0.5) is 35.1 Å². The summed E-state index contributed by atoms with van der Waals surface area (Å²) in [5.41, 5.74) is -1.30. The predicted octanol–water partition coefficient (Wildman–Crippen LogP) is 4.29. The zero-order valence-electron chi connectivity index (χ0n) is 20.4. The molecule has 0 radical (unpaired) electrons. The van der Waals surface area contributed by atoms with Gasteiger partial charge in [-0.2, -0.15) is 0 Å². The molecule has 0 aliphatic carbocycles. The van der Waals surface area contributed by atoms with E-state index < -0.39 is 96.0 Å². The second-order valence-corrected chi connectivity index (χ2v) is 19.4. The van der Waals surface area contributed by atoms with Gasteiger partial charge in [-0.1, -0.05) is 0 Å². The van der Waals surface area contributed by atoms with Crippen molar-refractivity contribution in [2.75, 3.05) is 14.2 Å². The fraction of sp³-hybridized carbons (Fsp3) is 0.143. The minimum absolute atomic E-state index is 0.0910. The number of hydrogen-bond acceptors (Lipinski definition) is 2. The van der Waals surface area contributed by atoms with Crippen LogP contribution in [0.2, 0.25) is 0 Å². The Morgan fingerprint density at radius 3 is 1.08 bits per heavy atom. The fourth-order valence-corrected chi connectivity index (χ4v) is 20.6. The average Bonchev–Trinajstić information content (AvgIpc) is 3.13. The number of halogens is 8. The molecule has 0 fully saturated rings. The van der Waals surface area contributed by atoms with Crippen LogP contribution in [0.25, 0.3) is 0 Å². The number of methoxy groups -OCH3 is 2. The summed E-state index contributed by atoms with van der Waals surface area (Å²) in [6, 6.07) is 11.1. The van der Waals surface area contributed by atoms with Gasteiger partial charge < -0.3 is 0 Å². The Morgan fingerprint density at radius 1 is 0.462 bits per heavy atom. The Hall–Kier alpha value is -3.28. The third kappa shape index (κ3) is 3.89. The Bertz CT molecular complexity index is 1480. The van der Waals surface area contributed by atoms with Gasteiger partial charge in [0.05, 0.1) is 0 Å². The molecule has 0 saturated carbocycles. The molecule has 2 nitrogen and oxygen atoms in total. The molecule has 202 valence electrons. The van der Waals surface area contributed by atoms with Crippen LogP contribution in [0, 0.1) is 46.5 Å². The molecular weight excluding hydrogens is 639 g/mol. The molecule has 5 rings (SSSR count). The van der Waals surface area contributed by atoms with Gasteiger partial charge in [0.15, 0.2) is 0 Å². The molecule has 4 aromatic rings. The van der Waals surface area contributed by atoms with E-state index in [2.05, 4.69) is 0 Å². The van der Waals surface area contributed by atoms with Gasteiger partial charge in [0.2, 0.25) is 0 Å². The van der Waals surface area contributed by atoms with Gasteiger partial charge in [-0.3, -0.25) is 0 Å². The molecule has 1 aliphatic heterocycles. The molecule has 39 heavy (non-hydrogen) atoms. The quantitative estimate of drug-likeness (QED) is 0.141. The van der Waals surface area contributed by atoms with E-state index in [1.807, 2.05) is 0 Å². The Morgan fingerprint density at radius 2 is 0.769 bits per heavy atom. The van der Waals surface area contributed by atoms with Crippen LogP contribution in [0.15, 0.2) is 48.5 Å². The number of fused-ring (bicyclic) bond motifs is 2. The first-order chi connectivity index (χ1) is 18.6. The van der Waals surface area contributed by atoms with Gasteiger partial charge in [0, 0.05) is 0 Å². The van der Waals surface area contributed by atoms with Crippen LogP contribution in [0.1, 0.15) is 11.1 Å². The van der Waals surface area contributed by atoms with Gasteiger partial charge in [-0.05, 0) is 0 Å². The minimum atomic E-state index is -5.98. The van der Waals surface area contributed by atoms with E-state index in [4.69, 9.17) is 9.47 Å². The van der Waals surface area contributed by atoms with E-state index in [-0.39, 0.29) is 7.16 Å². The number of ether oxygens (including phenoxy) is 2. The van der Waals surface area contributed by atoms with Crippen molar-refractivity contribution >= 4 is 32.7 Å². The molecule has 1 aliphatic rings. The van der Waals surface area contributed by atoms with Crippen LogP contribution < -0.4 is 23.8 Å². The second kappa shape index (κ2) is 10.0. The zero-order valence-corrected chi connectivity index (χ0v) is 23.2. The SMILES string of the molecule is COc1cc[c]([Sn]2([c]3ccc(OC)cc3)[c]3c(F)c(F)c(F)c(F)c3CCc3c(F)c(F)c(F)c(F)[c]32)cc1. The van der Waals surface area contributed by atoms with E-state index in [1.54, 1.807) is 0 Å². The van der Waals surface area contributed by atoms with E-state index in [1.165, 1.54) is 62.8 Å². The molecule has 0 saturated heterocycles. The summed E-state index contributed by atoms with van der Waals surface area (Å²) in [5, 5.41) is 0. The molecule has 11 heteroatoms. The summed E-state index contributed by atoms with van der Waals surface area (Å²) < 4.78 is 131.